The van der Waals surface area contributed by atoms with Crippen molar-refractivity contribution in [2.75, 3.05) is 11.1 Å². The lowest BCUT2D eigenvalue weighted by Gasteiger charge is -2.20. The number of nitrogens with two attached hydrogens (primary N) is 1. The van der Waals surface area contributed by atoms with Crippen molar-refractivity contribution >= 4 is 33.2 Å². The van der Waals surface area contributed by atoms with Crippen LogP contribution in [0.1, 0.15) is 26.3 Å². The van der Waals surface area contributed by atoms with Gasteiger partial charge >= 0.3 is 0 Å². The summed E-state index contributed by atoms with van der Waals surface area (Å²) >= 11 is 3.36. The lowest BCUT2D eigenvalue weighted by Crippen LogP contribution is -2.28. The second-order valence-corrected chi connectivity index (χ2v) is 5.81. The van der Waals surface area contributed by atoms with Gasteiger partial charge in [-0.1, -0.05) is 36.7 Å². The summed E-state index contributed by atoms with van der Waals surface area (Å²) in [6, 6.07) is 3.71. The van der Waals surface area contributed by atoms with Crippen molar-refractivity contribution < 1.29 is 4.79 Å². The van der Waals surface area contributed by atoms with Gasteiger partial charge in [-0.2, -0.15) is 0 Å². The van der Waals surface area contributed by atoms with E-state index in [-0.39, 0.29) is 5.91 Å². The molecule has 3 N–H and O–H groups in total. The maximum atomic E-state index is 11.8. The fourth-order valence-corrected chi connectivity index (χ4v) is 1.83. The van der Waals surface area contributed by atoms with Gasteiger partial charge in [0.05, 0.1) is 11.4 Å². The number of benzene rings is 1. The molecule has 0 saturated carbocycles. The number of anilines is 2. The van der Waals surface area contributed by atoms with E-state index in [2.05, 4.69) is 21.2 Å². The number of amides is 1. The number of nitrogens with one attached hydrogen (secondary N) is 1. The molecule has 0 atom stereocenters. The summed E-state index contributed by atoms with van der Waals surface area (Å²) in [4.78, 5) is 11.8. The third kappa shape index (κ3) is 2.98. The van der Waals surface area contributed by atoms with Crippen LogP contribution in [0.25, 0.3) is 0 Å². The fraction of sp³-hybridized carbons (Fsp3) is 0.417. The summed E-state index contributed by atoms with van der Waals surface area (Å²) in [6.07, 6.45) is 0. The van der Waals surface area contributed by atoms with E-state index >= 15 is 0 Å². The molecule has 0 aliphatic carbocycles. The molecule has 0 aliphatic rings. The maximum Gasteiger partial charge on any atom is 0.229 e. The normalized spacial score (nSPS) is 11.3. The first-order valence-corrected chi connectivity index (χ1v) is 5.88. The van der Waals surface area contributed by atoms with E-state index in [0.29, 0.717) is 11.4 Å². The SMILES string of the molecule is Cc1cc(Br)cc(N)c1NC(=O)C(C)(C)C. The highest BCUT2D eigenvalue weighted by atomic mass is 79.9. The van der Waals surface area contributed by atoms with Crippen molar-refractivity contribution in [1.29, 1.82) is 0 Å². The number of hydrogen-bond donors (Lipinski definition) is 2. The highest BCUT2D eigenvalue weighted by molar-refractivity contribution is 9.10. The molecular weight excluding hydrogens is 268 g/mol. The van der Waals surface area contributed by atoms with Crippen molar-refractivity contribution in [3.63, 3.8) is 0 Å². The molecule has 0 aromatic heterocycles. The molecule has 0 aliphatic heterocycles. The predicted molar refractivity (Wildman–Crippen MR) is 71.4 cm³/mol. The zero-order chi connectivity index (χ0) is 12.5. The lowest BCUT2D eigenvalue weighted by molar-refractivity contribution is -0.123. The van der Waals surface area contributed by atoms with E-state index in [1.54, 1.807) is 6.07 Å². The summed E-state index contributed by atoms with van der Waals surface area (Å²) in [5.74, 6) is -0.0374. The molecule has 1 aromatic carbocycles. The molecule has 3 nitrogen and oxygen atoms in total. The number of rotatable bonds is 1. The Balaban J connectivity index is 3.03. The minimum atomic E-state index is -0.425. The van der Waals surface area contributed by atoms with E-state index in [1.807, 2.05) is 33.8 Å². The molecule has 16 heavy (non-hydrogen) atoms. The van der Waals surface area contributed by atoms with Gasteiger partial charge in [0, 0.05) is 9.89 Å². The van der Waals surface area contributed by atoms with Crippen LogP contribution in [0.3, 0.4) is 0 Å². The fourth-order valence-electron chi connectivity index (χ4n) is 1.24. The Bertz CT molecular complexity index is 399. The Kier molecular flexibility index (Phi) is 3.63. The first-order valence-electron chi connectivity index (χ1n) is 5.09. The van der Waals surface area contributed by atoms with Crippen molar-refractivity contribution in [3.8, 4) is 0 Å². The molecule has 0 heterocycles. The van der Waals surface area contributed by atoms with Crippen LogP contribution >= 0.6 is 15.9 Å². The molecule has 0 radical (unpaired) electrons. The standard InChI is InChI=1S/C12H17BrN2O/c1-7-5-8(13)6-9(14)10(7)15-11(16)12(2,3)4/h5-6H,14H2,1-4H3,(H,15,16). The van der Waals surface area contributed by atoms with Crippen LogP contribution in [0.4, 0.5) is 11.4 Å². The van der Waals surface area contributed by atoms with Crippen molar-refractivity contribution in [3.05, 3.63) is 22.2 Å². The number of halogens is 1. The van der Waals surface area contributed by atoms with Gasteiger partial charge < -0.3 is 11.1 Å². The molecular formula is C12H17BrN2O. The van der Waals surface area contributed by atoms with E-state index in [1.165, 1.54) is 0 Å². The van der Waals surface area contributed by atoms with Gasteiger partial charge in [-0.3, -0.25) is 4.79 Å². The van der Waals surface area contributed by atoms with Gasteiger partial charge in [-0.25, -0.2) is 0 Å². The highest BCUT2D eigenvalue weighted by Crippen LogP contribution is 2.29. The molecule has 0 spiro atoms. The molecule has 0 bridgehead atoms. The first kappa shape index (κ1) is 13.0. The van der Waals surface area contributed by atoms with Crippen molar-refractivity contribution in [2.24, 2.45) is 5.41 Å². The predicted octanol–water partition coefficient (Wildman–Crippen LogP) is 3.32. The van der Waals surface area contributed by atoms with Crippen LogP contribution in [-0.2, 0) is 4.79 Å². The summed E-state index contributed by atoms with van der Waals surface area (Å²) in [5, 5.41) is 2.86. The lowest BCUT2D eigenvalue weighted by atomic mass is 9.95. The van der Waals surface area contributed by atoms with Crippen LogP contribution in [0.15, 0.2) is 16.6 Å². The molecule has 1 rings (SSSR count). The van der Waals surface area contributed by atoms with Crippen LogP contribution < -0.4 is 11.1 Å². The zero-order valence-corrected chi connectivity index (χ0v) is 11.6. The van der Waals surface area contributed by atoms with E-state index in [4.69, 9.17) is 5.73 Å². The molecule has 88 valence electrons. The molecule has 0 unspecified atom stereocenters. The van der Waals surface area contributed by atoms with Gasteiger partial charge in [0.2, 0.25) is 5.91 Å². The van der Waals surface area contributed by atoms with Crippen molar-refractivity contribution in [2.45, 2.75) is 27.7 Å². The van der Waals surface area contributed by atoms with E-state index in [0.717, 1.165) is 10.0 Å². The minimum absolute atomic E-state index is 0.0374. The quantitative estimate of drug-likeness (QED) is 0.778. The summed E-state index contributed by atoms with van der Waals surface area (Å²) in [7, 11) is 0. The topological polar surface area (TPSA) is 55.1 Å². The summed E-state index contributed by atoms with van der Waals surface area (Å²) in [6.45, 7) is 7.52. The summed E-state index contributed by atoms with van der Waals surface area (Å²) in [5.41, 5.74) is 7.66. The Morgan fingerprint density at radius 2 is 1.94 bits per heavy atom. The molecule has 1 aromatic rings. The Morgan fingerprint density at radius 3 is 2.38 bits per heavy atom. The monoisotopic (exact) mass is 284 g/mol. The largest absolute Gasteiger partial charge is 0.397 e. The van der Waals surface area contributed by atoms with E-state index < -0.39 is 5.41 Å². The number of hydrogen-bond acceptors (Lipinski definition) is 2. The number of aryl methyl sites for hydroxylation is 1. The van der Waals surface area contributed by atoms with Crippen LogP contribution in [0.5, 0.6) is 0 Å². The molecule has 0 fully saturated rings. The number of nitrogen functional groups attached to an aromatic ring is 1. The second kappa shape index (κ2) is 4.45. The molecule has 4 heteroatoms. The molecule has 0 saturated heterocycles. The van der Waals surface area contributed by atoms with Crippen LogP contribution in [-0.4, -0.2) is 5.91 Å². The number of carbonyl (C=O) groups is 1. The van der Waals surface area contributed by atoms with Gasteiger partial charge in [0.25, 0.3) is 0 Å². The van der Waals surface area contributed by atoms with Gasteiger partial charge in [0.15, 0.2) is 0 Å². The second-order valence-electron chi connectivity index (χ2n) is 4.89. The first-order chi connectivity index (χ1) is 7.21. The smallest absolute Gasteiger partial charge is 0.229 e. The molecule has 1 amide bonds. The third-order valence-electron chi connectivity index (χ3n) is 2.25. The van der Waals surface area contributed by atoms with Gasteiger partial charge in [0.1, 0.15) is 0 Å². The zero-order valence-electron chi connectivity index (χ0n) is 10.0. The average Bonchev–Trinajstić information content (AvgIpc) is 2.08. The van der Waals surface area contributed by atoms with Gasteiger partial charge in [-0.15, -0.1) is 0 Å². The third-order valence-corrected chi connectivity index (χ3v) is 2.71. The highest BCUT2D eigenvalue weighted by Gasteiger charge is 2.22. The van der Waals surface area contributed by atoms with Crippen LogP contribution in [0, 0.1) is 12.3 Å². The Labute approximate surface area is 105 Å². The average molecular weight is 285 g/mol. The Morgan fingerprint density at radius 1 is 1.38 bits per heavy atom. The minimum Gasteiger partial charge on any atom is -0.397 e. The summed E-state index contributed by atoms with van der Waals surface area (Å²) < 4.78 is 0.913. The number of carbonyl (C=O) groups excluding carboxylic acids is 1. The van der Waals surface area contributed by atoms with Gasteiger partial charge in [-0.05, 0) is 24.6 Å². The van der Waals surface area contributed by atoms with Crippen LogP contribution in [0.2, 0.25) is 0 Å². The maximum absolute atomic E-state index is 11.8. The van der Waals surface area contributed by atoms with Crippen molar-refractivity contribution in [1.82, 2.24) is 0 Å². The van der Waals surface area contributed by atoms with E-state index in [9.17, 15) is 4.79 Å². The Hall–Kier alpha value is -1.03.